The Labute approximate surface area is 115 Å². The van der Waals surface area contributed by atoms with Crippen LogP contribution in [0.3, 0.4) is 0 Å². The average Bonchev–Trinajstić information content (AvgIpc) is 2.29. The lowest BCUT2D eigenvalue weighted by molar-refractivity contribution is 0.627. The highest BCUT2D eigenvalue weighted by molar-refractivity contribution is 6.41. The summed E-state index contributed by atoms with van der Waals surface area (Å²) in [6.07, 6.45) is 0. The van der Waals surface area contributed by atoms with Gasteiger partial charge in [-0.05, 0) is 36.8 Å². The summed E-state index contributed by atoms with van der Waals surface area (Å²) in [6, 6.07) is 11.9. The van der Waals surface area contributed by atoms with Crippen molar-refractivity contribution in [1.82, 2.24) is 0 Å². The predicted octanol–water partition coefficient (Wildman–Crippen LogP) is 5.78. The molecule has 0 N–H and O–H groups in total. The SMILES string of the molecule is Cc1ccc(Cl)c(F)c1.Clc1ccccc1Cl. The molecule has 0 spiro atoms. The number of hydrogen-bond acceptors (Lipinski definition) is 0. The van der Waals surface area contributed by atoms with Gasteiger partial charge in [-0.15, -0.1) is 0 Å². The minimum atomic E-state index is -0.350. The maximum absolute atomic E-state index is 12.4. The molecule has 0 aromatic heterocycles. The molecular formula is C13H10Cl3F. The van der Waals surface area contributed by atoms with Crippen LogP contribution >= 0.6 is 34.8 Å². The Bertz CT molecular complexity index is 477. The molecule has 0 nitrogen and oxygen atoms in total. The topological polar surface area (TPSA) is 0 Å². The summed E-state index contributed by atoms with van der Waals surface area (Å²) in [5.74, 6) is -0.350. The van der Waals surface area contributed by atoms with E-state index in [0.717, 1.165) is 5.56 Å². The van der Waals surface area contributed by atoms with E-state index in [1.54, 1.807) is 24.3 Å². The van der Waals surface area contributed by atoms with Gasteiger partial charge in [-0.1, -0.05) is 53.0 Å². The van der Waals surface area contributed by atoms with Crippen molar-refractivity contribution in [2.75, 3.05) is 0 Å². The molecule has 2 rings (SSSR count). The van der Waals surface area contributed by atoms with Gasteiger partial charge in [-0.2, -0.15) is 0 Å². The third-order valence-corrected chi connectivity index (χ3v) is 2.96. The van der Waals surface area contributed by atoms with Crippen LogP contribution in [0, 0.1) is 12.7 Å². The van der Waals surface area contributed by atoms with E-state index in [1.165, 1.54) is 6.07 Å². The molecule has 0 aliphatic heterocycles. The molecule has 0 radical (unpaired) electrons. The van der Waals surface area contributed by atoms with Crippen LogP contribution in [0.4, 0.5) is 4.39 Å². The minimum absolute atomic E-state index is 0.181. The molecule has 0 heterocycles. The van der Waals surface area contributed by atoms with Crippen LogP contribution in [-0.2, 0) is 0 Å². The highest BCUT2D eigenvalue weighted by Gasteiger charge is 1.95. The van der Waals surface area contributed by atoms with Gasteiger partial charge in [0.15, 0.2) is 0 Å². The van der Waals surface area contributed by atoms with Gasteiger partial charge >= 0.3 is 0 Å². The molecule has 17 heavy (non-hydrogen) atoms. The van der Waals surface area contributed by atoms with Crippen LogP contribution in [0.25, 0.3) is 0 Å². The fourth-order valence-corrected chi connectivity index (χ4v) is 1.43. The van der Waals surface area contributed by atoms with E-state index in [2.05, 4.69) is 0 Å². The zero-order valence-electron chi connectivity index (χ0n) is 9.05. The lowest BCUT2D eigenvalue weighted by Crippen LogP contribution is -1.76. The van der Waals surface area contributed by atoms with Crippen LogP contribution in [0.1, 0.15) is 5.56 Å². The summed E-state index contributed by atoms with van der Waals surface area (Å²) in [5.41, 5.74) is 0.886. The van der Waals surface area contributed by atoms with Crippen molar-refractivity contribution < 1.29 is 4.39 Å². The largest absolute Gasteiger partial charge is 0.205 e. The molecule has 2 aromatic carbocycles. The predicted molar refractivity (Wildman–Crippen MR) is 72.6 cm³/mol. The third-order valence-electron chi connectivity index (χ3n) is 1.90. The molecule has 4 heteroatoms. The van der Waals surface area contributed by atoms with E-state index in [9.17, 15) is 4.39 Å². The van der Waals surface area contributed by atoms with Gasteiger partial charge < -0.3 is 0 Å². The molecule has 0 fully saturated rings. The Morgan fingerprint density at radius 3 is 1.71 bits per heavy atom. The Kier molecular flexibility index (Phi) is 5.76. The van der Waals surface area contributed by atoms with E-state index in [-0.39, 0.29) is 10.8 Å². The molecule has 2 aromatic rings. The standard InChI is InChI=1S/C7H6ClF.C6H4Cl2/c1-5-2-3-6(8)7(9)4-5;7-5-3-1-2-4-6(5)8/h2-4H,1H3;1-4H. The molecule has 0 amide bonds. The molecule has 0 atom stereocenters. The summed E-state index contributed by atoms with van der Waals surface area (Å²) in [5, 5.41) is 1.39. The Hall–Kier alpha value is -0.760. The van der Waals surface area contributed by atoms with Crippen molar-refractivity contribution in [3.8, 4) is 0 Å². The number of benzene rings is 2. The zero-order chi connectivity index (χ0) is 12.8. The highest BCUT2D eigenvalue weighted by atomic mass is 35.5. The Morgan fingerprint density at radius 1 is 0.824 bits per heavy atom. The lowest BCUT2D eigenvalue weighted by atomic mass is 10.2. The summed E-state index contributed by atoms with van der Waals surface area (Å²) in [4.78, 5) is 0. The highest BCUT2D eigenvalue weighted by Crippen LogP contribution is 2.19. The molecule has 0 saturated heterocycles. The van der Waals surface area contributed by atoms with Gasteiger partial charge in [0.1, 0.15) is 5.82 Å². The fraction of sp³-hybridized carbons (Fsp3) is 0.0769. The van der Waals surface area contributed by atoms with Crippen molar-refractivity contribution in [3.63, 3.8) is 0 Å². The molecule has 0 saturated carbocycles. The monoisotopic (exact) mass is 290 g/mol. The van der Waals surface area contributed by atoms with E-state index in [0.29, 0.717) is 10.0 Å². The van der Waals surface area contributed by atoms with Gasteiger partial charge in [0, 0.05) is 0 Å². The van der Waals surface area contributed by atoms with Gasteiger partial charge in [-0.3, -0.25) is 0 Å². The second-order valence-electron chi connectivity index (χ2n) is 3.33. The van der Waals surface area contributed by atoms with Gasteiger partial charge in [0.2, 0.25) is 0 Å². The van der Waals surface area contributed by atoms with E-state index < -0.39 is 0 Å². The van der Waals surface area contributed by atoms with Crippen molar-refractivity contribution >= 4 is 34.8 Å². The van der Waals surface area contributed by atoms with Crippen LogP contribution in [0.2, 0.25) is 15.1 Å². The second kappa shape index (κ2) is 6.85. The van der Waals surface area contributed by atoms with Crippen LogP contribution in [0.5, 0.6) is 0 Å². The first-order valence-corrected chi connectivity index (χ1v) is 5.96. The molecule has 0 bridgehead atoms. The Morgan fingerprint density at radius 2 is 1.35 bits per heavy atom. The number of halogens is 4. The summed E-state index contributed by atoms with van der Waals surface area (Å²) < 4.78 is 12.4. The first-order valence-electron chi connectivity index (χ1n) is 4.82. The fourth-order valence-electron chi connectivity index (χ4n) is 1.04. The second-order valence-corrected chi connectivity index (χ2v) is 4.55. The minimum Gasteiger partial charge on any atom is -0.205 e. The zero-order valence-corrected chi connectivity index (χ0v) is 11.3. The average molecular weight is 292 g/mol. The normalized spacial score (nSPS) is 9.47. The van der Waals surface area contributed by atoms with Gasteiger partial charge in [0.25, 0.3) is 0 Å². The third kappa shape index (κ3) is 4.95. The van der Waals surface area contributed by atoms with Crippen molar-refractivity contribution in [3.05, 3.63) is 68.9 Å². The summed E-state index contributed by atoms with van der Waals surface area (Å²) in [6.45, 7) is 1.82. The first kappa shape index (κ1) is 14.3. The Balaban J connectivity index is 0.000000171. The summed E-state index contributed by atoms with van der Waals surface area (Å²) >= 11 is 16.6. The number of aryl methyl sites for hydroxylation is 1. The van der Waals surface area contributed by atoms with Crippen molar-refractivity contribution in [2.45, 2.75) is 6.92 Å². The van der Waals surface area contributed by atoms with Crippen LogP contribution in [0.15, 0.2) is 42.5 Å². The van der Waals surface area contributed by atoms with E-state index >= 15 is 0 Å². The number of hydrogen-bond donors (Lipinski definition) is 0. The molecular weight excluding hydrogens is 282 g/mol. The van der Waals surface area contributed by atoms with Crippen molar-refractivity contribution in [1.29, 1.82) is 0 Å². The maximum Gasteiger partial charge on any atom is 0.142 e. The van der Waals surface area contributed by atoms with Gasteiger partial charge in [0.05, 0.1) is 15.1 Å². The first-order chi connectivity index (χ1) is 8.00. The van der Waals surface area contributed by atoms with Crippen LogP contribution in [-0.4, -0.2) is 0 Å². The lowest BCUT2D eigenvalue weighted by Gasteiger charge is -1.92. The van der Waals surface area contributed by atoms with E-state index in [4.69, 9.17) is 34.8 Å². The van der Waals surface area contributed by atoms with Gasteiger partial charge in [-0.25, -0.2) is 4.39 Å². The summed E-state index contributed by atoms with van der Waals surface area (Å²) in [7, 11) is 0. The molecule has 0 aliphatic carbocycles. The number of rotatable bonds is 0. The van der Waals surface area contributed by atoms with E-state index in [1.807, 2.05) is 19.1 Å². The smallest absolute Gasteiger partial charge is 0.142 e. The van der Waals surface area contributed by atoms with Crippen molar-refractivity contribution in [2.24, 2.45) is 0 Å². The quantitative estimate of drug-likeness (QED) is 0.577. The molecule has 90 valence electrons. The maximum atomic E-state index is 12.4. The molecule has 0 aliphatic rings. The van der Waals surface area contributed by atoms with Crippen LogP contribution < -0.4 is 0 Å². The molecule has 0 unspecified atom stereocenters.